The second kappa shape index (κ2) is 6.87. The van der Waals surface area contributed by atoms with Crippen molar-refractivity contribution in [3.05, 3.63) is 28.8 Å². The number of likely N-dealkylation sites (tertiary alicyclic amines) is 1. The Balaban J connectivity index is 2.36. The largest absolute Gasteiger partial charge is 0.507 e. The summed E-state index contributed by atoms with van der Waals surface area (Å²) in [5.74, 6) is 0.437. The molecule has 24 heavy (non-hydrogen) atoms. The molecule has 2 rings (SSSR count). The van der Waals surface area contributed by atoms with Crippen molar-refractivity contribution < 1.29 is 5.11 Å². The molecule has 0 unspecified atom stereocenters. The van der Waals surface area contributed by atoms with E-state index in [-0.39, 0.29) is 10.8 Å². The maximum absolute atomic E-state index is 10.8. The third kappa shape index (κ3) is 4.60. The summed E-state index contributed by atoms with van der Waals surface area (Å²) in [5, 5.41) is 10.8. The van der Waals surface area contributed by atoms with E-state index in [9.17, 15) is 5.11 Å². The van der Waals surface area contributed by atoms with Crippen LogP contribution in [0.1, 0.15) is 71.1 Å². The first-order valence-corrected chi connectivity index (χ1v) is 9.08. The summed E-state index contributed by atoms with van der Waals surface area (Å²) in [7, 11) is 2.17. The van der Waals surface area contributed by atoms with Crippen LogP contribution < -0.4 is 0 Å². The highest BCUT2D eigenvalue weighted by molar-refractivity contribution is 5.81. The van der Waals surface area contributed by atoms with Crippen LogP contribution in [0, 0.1) is 0 Å². The number of rotatable bonds is 2. The van der Waals surface area contributed by atoms with Crippen LogP contribution in [-0.2, 0) is 10.8 Å². The molecule has 0 saturated carbocycles. The zero-order valence-corrected chi connectivity index (χ0v) is 16.5. The van der Waals surface area contributed by atoms with Gasteiger partial charge in [0.2, 0.25) is 0 Å². The van der Waals surface area contributed by atoms with Gasteiger partial charge < -0.3 is 10.0 Å². The maximum Gasteiger partial charge on any atom is 0.123 e. The fourth-order valence-corrected chi connectivity index (χ4v) is 3.21. The molecular weight excluding hydrogens is 296 g/mol. The van der Waals surface area contributed by atoms with Crippen molar-refractivity contribution in [3.63, 3.8) is 0 Å². The summed E-state index contributed by atoms with van der Waals surface area (Å²) in [5.41, 5.74) is 2.91. The topological polar surface area (TPSA) is 35.8 Å². The summed E-state index contributed by atoms with van der Waals surface area (Å²) < 4.78 is 0. The predicted molar refractivity (Wildman–Crippen MR) is 104 cm³/mol. The van der Waals surface area contributed by atoms with Gasteiger partial charge in [-0.05, 0) is 61.5 Å². The number of benzene rings is 1. The SMILES string of the molecule is CN1CCC(N=Cc2cc(C(C)(C)C)c(O)c(C(C)(C)C)c2)CC1. The molecule has 3 nitrogen and oxygen atoms in total. The van der Waals surface area contributed by atoms with Gasteiger partial charge in [-0.1, -0.05) is 41.5 Å². The lowest BCUT2D eigenvalue weighted by Crippen LogP contribution is -2.32. The molecule has 1 N–H and O–H groups in total. The first-order chi connectivity index (χ1) is 11.0. The highest BCUT2D eigenvalue weighted by Crippen LogP contribution is 2.39. The Labute approximate surface area is 147 Å². The highest BCUT2D eigenvalue weighted by Gasteiger charge is 2.26. The van der Waals surface area contributed by atoms with Crippen molar-refractivity contribution >= 4 is 6.21 Å². The smallest absolute Gasteiger partial charge is 0.123 e. The first-order valence-electron chi connectivity index (χ1n) is 9.08. The van der Waals surface area contributed by atoms with Gasteiger partial charge in [0.05, 0.1) is 6.04 Å². The molecule has 0 aliphatic carbocycles. The van der Waals surface area contributed by atoms with Crippen molar-refractivity contribution in [2.24, 2.45) is 4.99 Å². The number of aromatic hydroxyl groups is 1. The quantitative estimate of drug-likeness (QED) is 0.810. The van der Waals surface area contributed by atoms with Gasteiger partial charge in [-0.15, -0.1) is 0 Å². The lowest BCUT2D eigenvalue weighted by molar-refractivity contribution is 0.257. The number of hydrogen-bond donors (Lipinski definition) is 1. The Kier molecular flexibility index (Phi) is 5.44. The normalized spacial score (nSPS) is 18.5. The highest BCUT2D eigenvalue weighted by atomic mass is 16.3. The molecule has 0 spiro atoms. The van der Waals surface area contributed by atoms with E-state index >= 15 is 0 Å². The van der Waals surface area contributed by atoms with Crippen LogP contribution in [0.3, 0.4) is 0 Å². The van der Waals surface area contributed by atoms with Gasteiger partial charge in [-0.25, -0.2) is 0 Å². The van der Waals surface area contributed by atoms with Gasteiger partial charge >= 0.3 is 0 Å². The van der Waals surface area contributed by atoms with E-state index in [1.807, 2.05) is 6.21 Å². The van der Waals surface area contributed by atoms with Gasteiger partial charge in [0.25, 0.3) is 0 Å². The van der Waals surface area contributed by atoms with E-state index in [2.05, 4.69) is 65.6 Å². The summed E-state index contributed by atoms with van der Waals surface area (Å²) in [6, 6.07) is 4.62. The molecule has 0 bridgehead atoms. The van der Waals surface area contributed by atoms with Crippen LogP contribution in [0.5, 0.6) is 5.75 Å². The Morgan fingerprint density at radius 1 is 1.00 bits per heavy atom. The van der Waals surface area contributed by atoms with Crippen LogP contribution in [-0.4, -0.2) is 42.4 Å². The molecule has 0 radical (unpaired) electrons. The summed E-state index contributed by atoms with van der Waals surface area (Å²) in [6.07, 6.45) is 4.27. The number of nitrogens with zero attached hydrogens (tertiary/aromatic N) is 2. The summed E-state index contributed by atoms with van der Waals surface area (Å²) in [4.78, 5) is 7.19. The van der Waals surface area contributed by atoms with E-state index in [1.54, 1.807) is 0 Å². The molecule has 1 heterocycles. The molecular formula is C21H34N2O. The predicted octanol–water partition coefficient (Wildman–Crippen LogP) is 4.50. The Morgan fingerprint density at radius 3 is 1.88 bits per heavy atom. The zero-order chi connectivity index (χ0) is 18.1. The fraction of sp³-hybridized carbons (Fsp3) is 0.667. The number of piperidine rings is 1. The van der Waals surface area contributed by atoms with E-state index in [0.29, 0.717) is 11.8 Å². The lowest BCUT2D eigenvalue weighted by Gasteiger charge is -2.28. The minimum absolute atomic E-state index is 0.0958. The Morgan fingerprint density at radius 2 is 1.46 bits per heavy atom. The van der Waals surface area contributed by atoms with Crippen LogP contribution in [0.2, 0.25) is 0 Å². The van der Waals surface area contributed by atoms with Gasteiger partial charge in [0.15, 0.2) is 0 Å². The third-order valence-electron chi connectivity index (χ3n) is 4.87. The first kappa shape index (κ1) is 19.0. The average molecular weight is 331 g/mol. The number of phenolic OH excluding ortho intramolecular Hbond substituents is 1. The lowest BCUT2D eigenvalue weighted by atomic mass is 9.78. The molecule has 1 saturated heterocycles. The molecule has 0 amide bonds. The number of hydrogen-bond acceptors (Lipinski definition) is 3. The molecule has 0 atom stereocenters. The van der Waals surface area contributed by atoms with E-state index in [4.69, 9.17) is 4.99 Å². The minimum Gasteiger partial charge on any atom is -0.507 e. The van der Waals surface area contributed by atoms with Gasteiger partial charge in [-0.2, -0.15) is 0 Å². The van der Waals surface area contributed by atoms with Crippen LogP contribution in [0.4, 0.5) is 0 Å². The van der Waals surface area contributed by atoms with E-state index < -0.39 is 0 Å². The summed E-state index contributed by atoms with van der Waals surface area (Å²) >= 11 is 0. The van der Waals surface area contributed by atoms with Crippen molar-refractivity contribution in [1.29, 1.82) is 0 Å². The molecule has 3 heteroatoms. The average Bonchev–Trinajstić information content (AvgIpc) is 2.45. The van der Waals surface area contributed by atoms with E-state index in [1.165, 1.54) is 0 Å². The molecule has 134 valence electrons. The van der Waals surface area contributed by atoms with Crippen molar-refractivity contribution in [1.82, 2.24) is 4.90 Å². The van der Waals surface area contributed by atoms with Crippen molar-refractivity contribution in [2.45, 2.75) is 71.3 Å². The molecule has 1 aromatic carbocycles. The second-order valence-electron chi connectivity index (χ2n) is 9.28. The van der Waals surface area contributed by atoms with Gasteiger partial charge in [0, 0.05) is 17.3 Å². The van der Waals surface area contributed by atoms with Crippen LogP contribution in [0.15, 0.2) is 17.1 Å². The van der Waals surface area contributed by atoms with Crippen LogP contribution >= 0.6 is 0 Å². The number of aliphatic imine (C=N–C) groups is 1. The molecule has 1 aliphatic rings. The molecule has 0 aromatic heterocycles. The number of phenols is 1. The van der Waals surface area contributed by atoms with Gasteiger partial charge in [-0.3, -0.25) is 4.99 Å². The van der Waals surface area contributed by atoms with Crippen LogP contribution in [0.25, 0.3) is 0 Å². The molecule has 1 fully saturated rings. The standard InChI is InChI=1S/C21H34N2O/c1-20(2,3)17-12-15(13-18(19(17)24)21(4,5)6)14-22-16-8-10-23(7)11-9-16/h12-14,16,24H,8-11H2,1-7H3. The Hall–Kier alpha value is -1.35. The van der Waals surface area contributed by atoms with E-state index in [0.717, 1.165) is 42.6 Å². The molecule has 1 aliphatic heterocycles. The zero-order valence-electron chi connectivity index (χ0n) is 16.5. The van der Waals surface area contributed by atoms with Gasteiger partial charge in [0.1, 0.15) is 5.75 Å². The monoisotopic (exact) mass is 330 g/mol. The van der Waals surface area contributed by atoms with Crippen molar-refractivity contribution in [2.75, 3.05) is 20.1 Å². The molecule has 1 aromatic rings. The fourth-order valence-electron chi connectivity index (χ4n) is 3.21. The second-order valence-corrected chi connectivity index (χ2v) is 9.28. The maximum atomic E-state index is 10.8. The summed E-state index contributed by atoms with van der Waals surface area (Å²) in [6.45, 7) is 15.1. The minimum atomic E-state index is -0.0958. The van der Waals surface area contributed by atoms with Crippen molar-refractivity contribution in [3.8, 4) is 5.75 Å². The Bertz CT molecular complexity index is 562. The third-order valence-corrected chi connectivity index (χ3v) is 4.87.